The van der Waals surface area contributed by atoms with E-state index in [0.29, 0.717) is 11.8 Å². The van der Waals surface area contributed by atoms with E-state index in [0.717, 1.165) is 39.0 Å². The van der Waals surface area contributed by atoms with Crippen LogP contribution in [0.5, 0.6) is 0 Å². The van der Waals surface area contributed by atoms with Crippen LogP contribution in [0.2, 0.25) is 0 Å². The number of hydrogen-bond donors (Lipinski definition) is 0. The maximum absolute atomic E-state index is 13.3. The maximum atomic E-state index is 13.3. The molecule has 4 rings (SSSR count). The number of nitrogens with zero attached hydrogens (tertiary/aromatic N) is 2. The largest absolute Gasteiger partial charge is 0.338 e. The molecule has 0 radical (unpaired) electrons. The zero-order valence-electron chi connectivity index (χ0n) is 15.4. The van der Waals surface area contributed by atoms with E-state index < -0.39 is 0 Å². The van der Waals surface area contributed by atoms with Gasteiger partial charge < -0.3 is 9.80 Å². The van der Waals surface area contributed by atoms with E-state index in [1.54, 1.807) is 0 Å². The highest BCUT2D eigenvalue weighted by Gasteiger charge is 2.43. The lowest BCUT2D eigenvalue weighted by molar-refractivity contribution is -0.137. The molecule has 0 saturated carbocycles. The van der Waals surface area contributed by atoms with Crippen LogP contribution in [0.3, 0.4) is 0 Å². The Morgan fingerprint density at radius 2 is 1.65 bits per heavy atom. The lowest BCUT2D eigenvalue weighted by Gasteiger charge is -2.29. The Bertz CT molecular complexity index is 716. The highest BCUT2D eigenvalue weighted by atomic mass is 16.2. The van der Waals surface area contributed by atoms with E-state index >= 15 is 0 Å². The summed E-state index contributed by atoms with van der Waals surface area (Å²) in [7, 11) is 0. The van der Waals surface area contributed by atoms with Crippen LogP contribution in [-0.4, -0.2) is 41.9 Å². The molecule has 0 spiro atoms. The third kappa shape index (κ3) is 3.99. The number of piperidine rings is 1. The summed E-state index contributed by atoms with van der Waals surface area (Å²) in [5, 5.41) is 0. The first-order valence-electron chi connectivity index (χ1n) is 9.88. The second kappa shape index (κ2) is 8.05. The zero-order chi connectivity index (χ0) is 17.8. The van der Waals surface area contributed by atoms with Gasteiger partial charge in [-0.1, -0.05) is 60.7 Å². The first kappa shape index (κ1) is 17.3. The molecular formula is C23H28N2O. The van der Waals surface area contributed by atoms with E-state index in [1.807, 2.05) is 6.07 Å². The molecule has 3 atom stereocenters. The van der Waals surface area contributed by atoms with Crippen LogP contribution < -0.4 is 0 Å². The second-order valence-corrected chi connectivity index (χ2v) is 7.75. The lowest BCUT2D eigenvalue weighted by atomic mass is 9.91. The standard InChI is InChI=1S/C23H28N2O/c26-23(22-18-24-15-13-21(22)17-24)25(16-20-10-5-2-6-11-20)14-7-12-19-8-3-1-4-9-19/h1-6,8-11,21-22H,7,12-18H2. The normalized spacial score (nSPS) is 23.9. The van der Waals surface area contributed by atoms with Crippen molar-refractivity contribution in [3.05, 3.63) is 71.8 Å². The number of rotatable bonds is 7. The van der Waals surface area contributed by atoms with Crippen molar-refractivity contribution in [3.8, 4) is 0 Å². The van der Waals surface area contributed by atoms with Crippen LogP contribution in [0.4, 0.5) is 0 Å². The minimum absolute atomic E-state index is 0.212. The van der Waals surface area contributed by atoms with E-state index in [4.69, 9.17) is 0 Å². The van der Waals surface area contributed by atoms with Gasteiger partial charge in [-0.3, -0.25) is 4.79 Å². The van der Waals surface area contributed by atoms with Gasteiger partial charge in [0.2, 0.25) is 5.91 Å². The van der Waals surface area contributed by atoms with E-state index in [9.17, 15) is 4.79 Å². The fourth-order valence-electron chi connectivity index (χ4n) is 4.49. The van der Waals surface area contributed by atoms with Crippen molar-refractivity contribution in [2.24, 2.45) is 11.8 Å². The minimum atomic E-state index is 0.212. The summed E-state index contributed by atoms with van der Waals surface area (Å²) in [6, 6.07) is 21.0. The molecule has 26 heavy (non-hydrogen) atoms. The Morgan fingerprint density at radius 3 is 2.27 bits per heavy atom. The molecule has 2 bridgehead atoms. The van der Waals surface area contributed by atoms with Crippen molar-refractivity contribution in [3.63, 3.8) is 0 Å². The number of benzene rings is 2. The number of fused-ring (bicyclic) bond motifs is 2. The molecule has 2 fully saturated rings. The average Bonchev–Trinajstić information content (AvgIpc) is 3.32. The summed E-state index contributed by atoms with van der Waals surface area (Å²) in [5.74, 6) is 1.16. The first-order chi connectivity index (χ1) is 12.8. The number of aryl methyl sites for hydroxylation is 1. The Hall–Kier alpha value is -2.13. The summed E-state index contributed by atoms with van der Waals surface area (Å²) < 4.78 is 0. The van der Waals surface area contributed by atoms with E-state index in [1.165, 1.54) is 24.1 Å². The molecule has 1 amide bonds. The van der Waals surface area contributed by atoms with Gasteiger partial charge >= 0.3 is 0 Å². The molecule has 2 heterocycles. The molecule has 3 heteroatoms. The van der Waals surface area contributed by atoms with Crippen LogP contribution in [-0.2, 0) is 17.8 Å². The summed E-state index contributed by atoms with van der Waals surface area (Å²) in [6.07, 6.45) is 3.24. The van der Waals surface area contributed by atoms with Crippen molar-refractivity contribution < 1.29 is 4.79 Å². The van der Waals surface area contributed by atoms with Crippen LogP contribution in [0.15, 0.2) is 60.7 Å². The molecule has 2 aliphatic rings. The molecular weight excluding hydrogens is 320 g/mol. The summed E-state index contributed by atoms with van der Waals surface area (Å²) in [6.45, 7) is 4.84. The average molecular weight is 348 g/mol. The molecule has 3 unspecified atom stereocenters. The summed E-state index contributed by atoms with van der Waals surface area (Å²) in [4.78, 5) is 17.9. The van der Waals surface area contributed by atoms with Gasteiger partial charge in [-0.2, -0.15) is 0 Å². The number of carbonyl (C=O) groups is 1. The smallest absolute Gasteiger partial charge is 0.227 e. The van der Waals surface area contributed by atoms with E-state index in [-0.39, 0.29) is 5.92 Å². The van der Waals surface area contributed by atoms with Crippen molar-refractivity contribution in [1.29, 1.82) is 0 Å². The second-order valence-electron chi connectivity index (χ2n) is 7.75. The topological polar surface area (TPSA) is 23.6 Å². The highest BCUT2D eigenvalue weighted by molar-refractivity contribution is 5.80. The van der Waals surface area contributed by atoms with Gasteiger partial charge in [0.15, 0.2) is 0 Å². The lowest BCUT2D eigenvalue weighted by Crippen LogP contribution is -2.41. The molecule has 3 nitrogen and oxygen atoms in total. The Morgan fingerprint density at radius 1 is 0.962 bits per heavy atom. The number of amides is 1. The van der Waals surface area contributed by atoms with Gasteiger partial charge in [-0.05, 0) is 42.9 Å². The summed E-state index contributed by atoms with van der Waals surface area (Å²) in [5.41, 5.74) is 2.58. The maximum Gasteiger partial charge on any atom is 0.227 e. The third-order valence-corrected chi connectivity index (χ3v) is 5.91. The minimum Gasteiger partial charge on any atom is -0.338 e. The fourth-order valence-corrected chi connectivity index (χ4v) is 4.49. The monoisotopic (exact) mass is 348 g/mol. The van der Waals surface area contributed by atoms with Crippen molar-refractivity contribution in [2.75, 3.05) is 26.2 Å². The third-order valence-electron chi connectivity index (χ3n) is 5.91. The van der Waals surface area contributed by atoms with Crippen molar-refractivity contribution in [2.45, 2.75) is 25.8 Å². The predicted octanol–water partition coefficient (Wildman–Crippen LogP) is 3.60. The molecule has 0 N–H and O–H groups in total. The van der Waals surface area contributed by atoms with E-state index in [2.05, 4.69) is 64.4 Å². The molecule has 2 aromatic rings. The Labute approximate surface area is 156 Å². The summed E-state index contributed by atoms with van der Waals surface area (Å²) >= 11 is 0. The quantitative estimate of drug-likeness (QED) is 0.763. The fraction of sp³-hybridized carbons (Fsp3) is 0.435. The number of carbonyl (C=O) groups excluding carboxylic acids is 1. The van der Waals surface area contributed by atoms with Gasteiger partial charge in [0.05, 0.1) is 5.92 Å². The predicted molar refractivity (Wildman–Crippen MR) is 105 cm³/mol. The molecule has 2 aromatic carbocycles. The van der Waals surface area contributed by atoms with Crippen LogP contribution in [0.25, 0.3) is 0 Å². The van der Waals surface area contributed by atoms with Gasteiger partial charge in [0, 0.05) is 26.2 Å². The van der Waals surface area contributed by atoms with Gasteiger partial charge in [0.25, 0.3) is 0 Å². The van der Waals surface area contributed by atoms with Crippen LogP contribution in [0, 0.1) is 11.8 Å². The van der Waals surface area contributed by atoms with Crippen LogP contribution >= 0.6 is 0 Å². The zero-order valence-corrected chi connectivity index (χ0v) is 15.4. The first-order valence-corrected chi connectivity index (χ1v) is 9.88. The van der Waals surface area contributed by atoms with Gasteiger partial charge in [-0.15, -0.1) is 0 Å². The molecule has 0 aliphatic carbocycles. The van der Waals surface area contributed by atoms with Crippen LogP contribution in [0.1, 0.15) is 24.0 Å². The molecule has 0 aromatic heterocycles. The van der Waals surface area contributed by atoms with Gasteiger partial charge in [-0.25, -0.2) is 0 Å². The van der Waals surface area contributed by atoms with Crippen molar-refractivity contribution >= 4 is 5.91 Å². The van der Waals surface area contributed by atoms with Gasteiger partial charge in [0.1, 0.15) is 0 Å². The molecule has 136 valence electrons. The Balaban J connectivity index is 1.41. The molecule has 2 saturated heterocycles. The Kier molecular flexibility index (Phi) is 5.35. The van der Waals surface area contributed by atoms with Crippen molar-refractivity contribution in [1.82, 2.24) is 9.80 Å². The SMILES string of the molecule is O=C(C1CN2CCC1C2)N(CCCc1ccccc1)Cc1ccccc1. The highest BCUT2D eigenvalue weighted by Crippen LogP contribution is 2.34. The molecule has 2 aliphatic heterocycles. The number of hydrogen-bond acceptors (Lipinski definition) is 2.